The molecule has 5 N–H and O–H groups in total. The lowest BCUT2D eigenvalue weighted by Gasteiger charge is -2.23. The Morgan fingerprint density at radius 2 is 0.672 bits per heavy atom. The first kappa shape index (κ1) is 80.8. The molecular weight excluding hydrogens is 1570 g/mol. The lowest BCUT2D eigenvalue weighted by atomic mass is 9.95. The van der Waals surface area contributed by atoms with Gasteiger partial charge in [-0.2, -0.15) is 77.2 Å². The van der Waals surface area contributed by atoms with E-state index in [2.05, 4.69) is 101 Å². The first-order chi connectivity index (χ1) is 55.5. The number of benzene rings is 1. The summed E-state index contributed by atoms with van der Waals surface area (Å²) in [5.74, 6) is -4.73. The molecule has 1 aromatic carbocycles. The van der Waals surface area contributed by atoms with Crippen LogP contribution in [0.15, 0.2) is 72.7 Å². The number of anilines is 5. The Bertz CT molecular complexity index is 5380. The van der Waals surface area contributed by atoms with Crippen LogP contribution in [0.3, 0.4) is 0 Å². The molecule has 0 spiro atoms. The van der Waals surface area contributed by atoms with E-state index in [1.165, 1.54) is 50.3 Å². The van der Waals surface area contributed by atoms with E-state index in [0.717, 1.165) is 145 Å². The van der Waals surface area contributed by atoms with Crippen molar-refractivity contribution in [2.45, 2.75) is 247 Å². The fourth-order valence-corrected chi connectivity index (χ4v) is 15.1. The van der Waals surface area contributed by atoms with Crippen molar-refractivity contribution in [2.75, 3.05) is 33.6 Å². The molecule has 11 aromatic heterocycles. The number of hydrogen-bond acceptors (Lipinski definition) is 21. The molecule has 0 saturated heterocycles. The number of imidazole rings is 5. The number of hydrogen-bond donors (Lipinski definition) is 5. The van der Waals surface area contributed by atoms with Crippen LogP contribution >= 0.6 is 11.3 Å². The summed E-state index contributed by atoms with van der Waals surface area (Å²) in [6, 6.07) is 11.2. The quantitative estimate of drug-likeness (QED) is 0.0418. The molecule has 0 radical (unpaired) electrons. The van der Waals surface area contributed by atoms with Crippen molar-refractivity contribution in [1.29, 1.82) is 0 Å². The van der Waals surface area contributed by atoms with Crippen LogP contribution in [-0.4, -0.2) is 129 Å². The van der Waals surface area contributed by atoms with E-state index in [1.54, 1.807) is 32.7 Å². The van der Waals surface area contributed by atoms with Crippen molar-refractivity contribution in [3.63, 3.8) is 0 Å². The third-order valence-electron chi connectivity index (χ3n) is 21.1. The van der Waals surface area contributed by atoms with Gasteiger partial charge in [0.1, 0.15) is 27.6 Å². The number of nitrogens with zero attached hydrogens (tertiary/aromatic N) is 20. The van der Waals surface area contributed by atoms with Crippen LogP contribution in [0.1, 0.15) is 212 Å². The van der Waals surface area contributed by atoms with Crippen LogP contribution in [0.25, 0.3) is 55.8 Å². The van der Waals surface area contributed by atoms with Gasteiger partial charge in [-0.15, -0.1) is 0 Å². The number of halogens is 15. The van der Waals surface area contributed by atoms with Gasteiger partial charge in [0.25, 0.3) is 0 Å². The fourth-order valence-electron chi connectivity index (χ4n) is 14.4. The molecule has 7 saturated carbocycles. The molecule has 0 bridgehead atoms. The van der Waals surface area contributed by atoms with Gasteiger partial charge >= 0.3 is 30.9 Å². The predicted octanol–water partition coefficient (Wildman–Crippen LogP) is 18.7. The molecule has 7 fully saturated rings. The summed E-state index contributed by atoms with van der Waals surface area (Å²) in [7, 11) is 1.52. The van der Waals surface area contributed by atoms with E-state index in [1.807, 2.05) is 57.1 Å². The van der Waals surface area contributed by atoms with Gasteiger partial charge in [0, 0.05) is 55.9 Å². The number of rotatable bonds is 17. The zero-order chi connectivity index (χ0) is 81.4. The molecule has 7 aliphatic carbocycles. The average Bonchev–Trinajstić information content (AvgIpc) is 1.63. The second-order valence-electron chi connectivity index (χ2n) is 30.2. The summed E-state index contributed by atoms with van der Waals surface area (Å²) in [5, 5.41) is 18.7. The molecule has 41 heteroatoms. The Kier molecular flexibility index (Phi) is 23.2. The van der Waals surface area contributed by atoms with Crippen molar-refractivity contribution in [1.82, 2.24) is 97.6 Å². The number of aryl methyl sites for hydroxylation is 3. The van der Waals surface area contributed by atoms with Gasteiger partial charge in [-0.1, -0.05) is 82.1 Å². The van der Waals surface area contributed by atoms with Gasteiger partial charge in [0.2, 0.25) is 29.1 Å². The molecule has 11 heterocycles. The van der Waals surface area contributed by atoms with E-state index in [4.69, 9.17) is 0 Å². The summed E-state index contributed by atoms with van der Waals surface area (Å²) in [4.78, 5) is 58.3. The van der Waals surface area contributed by atoms with Gasteiger partial charge in [-0.3, -0.25) is 0 Å². The Balaban J connectivity index is 0.000000114. The normalized spacial score (nSPS) is 17.5. The molecule has 0 aliphatic heterocycles. The maximum atomic E-state index is 13.2. The SMILES string of the molecule is CNc1nc(C(F)(F)F)nc2c1ncn2C1CCCC1.Cc1ccccc1CCn1cnc2c(NC3CC3)nc(C(F)(F)F)nc21.FC(F)(F)c1nc(NC2CC2)c2ncn(C3CCCCC3)c2n1.FC(F)(F)c1nc(NC2CC2)c2ncn(C3CCCCCC3)c2n1.FC(F)(F)c1nc(NC2CC2)c2ncn(Cc3ccsc3)c2n1. The molecule has 12 aromatic rings. The Hall–Kier alpha value is -10.4. The van der Waals surface area contributed by atoms with Crippen LogP contribution in [0.4, 0.5) is 94.9 Å². The molecule has 116 heavy (non-hydrogen) atoms. The second kappa shape index (κ2) is 33.3. The van der Waals surface area contributed by atoms with Crippen molar-refractivity contribution >= 4 is 96.2 Å². The monoisotopic (exact) mass is 1650 g/mol. The highest BCUT2D eigenvalue weighted by atomic mass is 32.1. The summed E-state index contributed by atoms with van der Waals surface area (Å²) >= 11 is 1.54. The van der Waals surface area contributed by atoms with Gasteiger partial charge < -0.3 is 49.4 Å². The number of thiophene rings is 1. The first-order valence-electron chi connectivity index (χ1n) is 38.8. The third kappa shape index (κ3) is 19.3. The van der Waals surface area contributed by atoms with E-state index < -0.39 is 60.0 Å². The summed E-state index contributed by atoms with van der Waals surface area (Å²) in [6.45, 7) is 2.94. The van der Waals surface area contributed by atoms with Crippen LogP contribution in [0.2, 0.25) is 0 Å². The van der Waals surface area contributed by atoms with Crippen LogP contribution in [0.5, 0.6) is 0 Å². The summed E-state index contributed by atoms with van der Waals surface area (Å²) in [6.07, 6.45) is 9.04. The maximum Gasteiger partial charge on any atom is 0.451 e. The minimum absolute atomic E-state index is 0.110. The number of aromatic nitrogens is 20. The minimum Gasteiger partial charge on any atom is -0.371 e. The number of fused-ring (bicyclic) bond motifs is 5. The van der Waals surface area contributed by atoms with Gasteiger partial charge in [-0.25, -0.2) is 74.8 Å². The third-order valence-corrected chi connectivity index (χ3v) is 21.8. The highest BCUT2D eigenvalue weighted by Gasteiger charge is 2.43. The molecule has 0 amide bonds. The van der Waals surface area contributed by atoms with Gasteiger partial charge in [0.05, 0.1) is 38.2 Å². The number of nitrogens with one attached hydrogen (secondary N) is 5. The molecule has 618 valence electrons. The number of alkyl halides is 15. The zero-order valence-corrected chi connectivity index (χ0v) is 63.7. The molecular formula is C75H82F15N25S. The first-order valence-corrected chi connectivity index (χ1v) is 39.8. The Labute approximate surface area is 656 Å². The predicted molar refractivity (Wildman–Crippen MR) is 402 cm³/mol. The lowest BCUT2D eigenvalue weighted by Crippen LogP contribution is -2.17. The highest BCUT2D eigenvalue weighted by Crippen LogP contribution is 2.42. The van der Waals surface area contributed by atoms with Crippen molar-refractivity contribution in [2.24, 2.45) is 0 Å². The summed E-state index contributed by atoms with van der Waals surface area (Å²) in [5.41, 5.74) is 6.58. The summed E-state index contributed by atoms with van der Waals surface area (Å²) < 4.78 is 205. The van der Waals surface area contributed by atoms with Gasteiger partial charge in [0.15, 0.2) is 57.3 Å². The molecule has 19 rings (SSSR count). The van der Waals surface area contributed by atoms with E-state index in [9.17, 15) is 65.9 Å². The van der Waals surface area contributed by atoms with Crippen LogP contribution in [0, 0.1) is 6.92 Å². The highest BCUT2D eigenvalue weighted by molar-refractivity contribution is 7.08. The molecule has 0 unspecified atom stereocenters. The minimum atomic E-state index is -4.60. The molecule has 0 atom stereocenters. The maximum absolute atomic E-state index is 13.2. The van der Waals surface area contributed by atoms with E-state index >= 15 is 0 Å². The van der Waals surface area contributed by atoms with Crippen molar-refractivity contribution in [3.05, 3.63) is 119 Å². The van der Waals surface area contributed by atoms with Crippen LogP contribution in [-0.2, 0) is 50.4 Å². The Morgan fingerprint density at radius 1 is 0.362 bits per heavy atom. The van der Waals surface area contributed by atoms with E-state index in [-0.39, 0.29) is 88.3 Å². The molecule has 7 aliphatic rings. The van der Waals surface area contributed by atoms with Crippen LogP contribution < -0.4 is 26.6 Å². The fraction of sp³-hybridized carbons (Fsp3) is 0.533. The van der Waals surface area contributed by atoms with Crippen molar-refractivity contribution in [3.8, 4) is 0 Å². The van der Waals surface area contributed by atoms with E-state index in [0.29, 0.717) is 58.4 Å². The average molecular weight is 1650 g/mol. The topological polar surface area (TPSA) is 278 Å². The molecule has 25 nitrogen and oxygen atoms in total. The smallest absolute Gasteiger partial charge is 0.371 e. The largest absolute Gasteiger partial charge is 0.451 e. The van der Waals surface area contributed by atoms with Gasteiger partial charge in [-0.05, 0) is 137 Å². The Morgan fingerprint density at radius 3 is 1.02 bits per heavy atom. The zero-order valence-electron chi connectivity index (χ0n) is 62.9. The van der Waals surface area contributed by atoms with Crippen molar-refractivity contribution < 1.29 is 65.9 Å². The second-order valence-corrected chi connectivity index (χ2v) is 31.0. The lowest BCUT2D eigenvalue weighted by molar-refractivity contribution is -0.145. The standard InChI is InChI=1S/C18H18F3N5.C16H20F3N5.C15H18F3N5.C14H12F3N5S.C12H14F3N5/c1-11-4-2-3-5-12(11)8-9-26-10-22-14-15(23-13-6-7-13)24-17(18(19,20)21)25-16(14)26;17-16(18,19)15-22-13(21-10-7-8-10)12-14(23-15)24(9-20-12)11-5-3-1-2-4-6-11;16-15(17,18)14-21-12(20-9-6-7-9)11-13(22-14)23(8-19-11)10-4-2-1-3-5-10;15-14(16,17)13-20-11(19-9-1-2-9)10-12(21-13)22(7-18-10)5-8-3-4-23-6-8;1-16-9-8-10(19-11(18-9)12(13,14)15)20(6-17-8)7-4-2-3-5-7/h2-5,10,13H,6-9H2,1H3,(H,23,24,25);9-11H,1-8H2,(H,21,22,23);8-10H,1-7H2,(H,20,21,22);3-4,6-7,9H,1-2,5H2,(H,19,20,21);6-7H,2-5H2,1H3,(H,16,18,19).